The molecule has 2 amide bonds. The van der Waals surface area contributed by atoms with E-state index in [1.165, 1.54) is 11.8 Å². The van der Waals surface area contributed by atoms with Crippen molar-refractivity contribution in [3.05, 3.63) is 94.4 Å². The molecule has 2 aromatic carbocycles. The van der Waals surface area contributed by atoms with Gasteiger partial charge < -0.3 is 19.9 Å². The number of hydrogen-bond donors (Lipinski definition) is 2. The molecular weight excluding hydrogens is 605 g/mol. The predicted molar refractivity (Wildman–Crippen MR) is 170 cm³/mol. The standard InChI is InChI=1S/C32H33Cl2N5O3S/c33-23-8-9-25-26(20-36-27(25)17-23)30-32(43-24-5-2-1-3-6-24,31(41)35-11-4-12-38-13-15-42-16-14-38)18-29(40)39(30)21-22-7-10-28(34)37-19-22/h1-3,5-10,17,19-20,30,36H,4,11-16,18,21H2,(H,35,41)/t30-,32-/m0/s1. The molecule has 2 fully saturated rings. The molecule has 2 saturated heterocycles. The number of pyridine rings is 1. The first kappa shape index (κ1) is 30.0. The number of likely N-dealkylation sites (tertiary alicyclic amines) is 1. The molecule has 0 bridgehead atoms. The van der Waals surface area contributed by atoms with Crippen LogP contribution in [0.3, 0.4) is 0 Å². The van der Waals surface area contributed by atoms with Crippen LogP contribution in [0.25, 0.3) is 10.9 Å². The zero-order valence-corrected chi connectivity index (χ0v) is 25.9. The van der Waals surface area contributed by atoms with Crippen LogP contribution in [-0.2, 0) is 20.9 Å². The molecule has 11 heteroatoms. The first-order chi connectivity index (χ1) is 20.9. The van der Waals surface area contributed by atoms with Crippen LogP contribution >= 0.6 is 35.0 Å². The maximum absolute atomic E-state index is 14.5. The molecule has 2 N–H and O–H groups in total. The number of carbonyl (C=O) groups excluding carboxylic acids is 2. The van der Waals surface area contributed by atoms with Gasteiger partial charge in [-0.05, 0) is 48.9 Å². The maximum Gasteiger partial charge on any atom is 0.239 e. The number of morpholine rings is 1. The van der Waals surface area contributed by atoms with Gasteiger partial charge in [0, 0.05) is 65.0 Å². The first-order valence-corrected chi connectivity index (χ1v) is 16.0. The highest BCUT2D eigenvalue weighted by molar-refractivity contribution is 8.01. The topological polar surface area (TPSA) is 90.6 Å². The van der Waals surface area contributed by atoms with Gasteiger partial charge in [0.2, 0.25) is 11.8 Å². The molecule has 4 heterocycles. The van der Waals surface area contributed by atoms with Gasteiger partial charge >= 0.3 is 0 Å². The number of H-pyrrole nitrogens is 1. The molecule has 2 aliphatic heterocycles. The average molecular weight is 639 g/mol. The molecule has 2 aliphatic rings. The molecule has 224 valence electrons. The summed E-state index contributed by atoms with van der Waals surface area (Å²) in [7, 11) is 0. The van der Waals surface area contributed by atoms with Crippen LogP contribution in [0.1, 0.15) is 30.0 Å². The van der Waals surface area contributed by atoms with Crippen molar-refractivity contribution in [2.75, 3.05) is 39.4 Å². The third-order valence-electron chi connectivity index (χ3n) is 8.07. The highest BCUT2D eigenvalue weighted by Gasteiger charge is 2.58. The van der Waals surface area contributed by atoms with Gasteiger partial charge in [-0.3, -0.25) is 14.5 Å². The molecule has 4 aromatic rings. The molecule has 0 radical (unpaired) electrons. The van der Waals surface area contributed by atoms with Crippen molar-refractivity contribution in [2.24, 2.45) is 0 Å². The highest BCUT2D eigenvalue weighted by atomic mass is 35.5. The van der Waals surface area contributed by atoms with Gasteiger partial charge in [0.25, 0.3) is 0 Å². The van der Waals surface area contributed by atoms with Crippen molar-refractivity contribution in [3.63, 3.8) is 0 Å². The summed E-state index contributed by atoms with van der Waals surface area (Å²) in [4.78, 5) is 41.2. The van der Waals surface area contributed by atoms with Crippen molar-refractivity contribution >= 4 is 57.7 Å². The van der Waals surface area contributed by atoms with Crippen LogP contribution < -0.4 is 5.32 Å². The normalized spacial score (nSPS) is 21.0. The maximum atomic E-state index is 14.5. The fourth-order valence-electron chi connectivity index (χ4n) is 5.98. The van der Waals surface area contributed by atoms with E-state index in [-0.39, 0.29) is 24.8 Å². The van der Waals surface area contributed by atoms with Gasteiger partial charge in [-0.15, -0.1) is 11.8 Å². The molecule has 0 spiro atoms. The molecule has 0 unspecified atom stereocenters. The van der Waals surface area contributed by atoms with Crippen LogP contribution in [0.2, 0.25) is 10.2 Å². The number of aromatic nitrogens is 2. The lowest BCUT2D eigenvalue weighted by Crippen LogP contribution is -2.48. The number of ether oxygens (including phenoxy) is 1. The minimum absolute atomic E-state index is 0.0494. The Hall–Kier alpha value is -3.08. The van der Waals surface area contributed by atoms with E-state index in [4.69, 9.17) is 27.9 Å². The predicted octanol–water partition coefficient (Wildman–Crippen LogP) is 5.71. The molecule has 6 rings (SSSR count). The van der Waals surface area contributed by atoms with Crippen LogP contribution in [0.4, 0.5) is 0 Å². The number of fused-ring (bicyclic) bond motifs is 1. The van der Waals surface area contributed by atoms with Crippen LogP contribution in [0.15, 0.2) is 78.0 Å². The SMILES string of the molecule is O=C1C[C@@](Sc2ccccc2)(C(=O)NCCCN2CCOCC2)[C@H](c2c[nH]c3cc(Cl)ccc23)N1Cc1ccc(Cl)nc1. The lowest BCUT2D eigenvalue weighted by atomic mass is 9.91. The summed E-state index contributed by atoms with van der Waals surface area (Å²) in [6.45, 7) is 4.95. The van der Waals surface area contributed by atoms with Crippen LogP contribution in [0.5, 0.6) is 0 Å². The van der Waals surface area contributed by atoms with E-state index >= 15 is 0 Å². The second kappa shape index (κ2) is 13.3. The van der Waals surface area contributed by atoms with Crippen molar-refractivity contribution in [2.45, 2.75) is 35.1 Å². The molecule has 2 atom stereocenters. The summed E-state index contributed by atoms with van der Waals surface area (Å²) in [6.07, 6.45) is 4.44. The third-order valence-corrected chi connectivity index (χ3v) is 9.95. The molecule has 0 saturated carbocycles. The monoisotopic (exact) mass is 637 g/mol. The molecule has 43 heavy (non-hydrogen) atoms. The Morgan fingerprint density at radius 2 is 1.93 bits per heavy atom. The lowest BCUT2D eigenvalue weighted by molar-refractivity contribution is -0.129. The first-order valence-electron chi connectivity index (χ1n) is 14.4. The van der Waals surface area contributed by atoms with E-state index in [9.17, 15) is 9.59 Å². The van der Waals surface area contributed by atoms with E-state index in [0.717, 1.165) is 66.2 Å². The van der Waals surface area contributed by atoms with Gasteiger partial charge in [-0.25, -0.2) is 4.98 Å². The van der Waals surface area contributed by atoms with Gasteiger partial charge in [-0.2, -0.15) is 0 Å². The number of rotatable bonds is 10. The van der Waals surface area contributed by atoms with Crippen molar-refractivity contribution in [1.82, 2.24) is 25.1 Å². The number of nitrogens with one attached hydrogen (secondary N) is 2. The summed E-state index contributed by atoms with van der Waals surface area (Å²) < 4.78 is 4.33. The smallest absolute Gasteiger partial charge is 0.239 e. The number of aromatic amines is 1. The summed E-state index contributed by atoms with van der Waals surface area (Å²) in [5.74, 6) is -0.253. The summed E-state index contributed by atoms with van der Waals surface area (Å²) in [6, 6.07) is 18.5. The second-order valence-corrected chi connectivity index (χ2v) is 13.1. The quantitative estimate of drug-likeness (QED) is 0.171. The van der Waals surface area contributed by atoms with Gasteiger partial charge in [-0.1, -0.05) is 53.5 Å². The Balaban J connectivity index is 1.38. The minimum atomic E-state index is -1.13. The largest absolute Gasteiger partial charge is 0.379 e. The number of hydrogen-bond acceptors (Lipinski definition) is 6. The minimum Gasteiger partial charge on any atom is -0.379 e. The van der Waals surface area contributed by atoms with Crippen molar-refractivity contribution < 1.29 is 14.3 Å². The number of benzene rings is 2. The fraction of sp³-hybridized carbons (Fsp3) is 0.344. The fourth-order valence-corrected chi connectivity index (χ4v) is 7.71. The second-order valence-electron chi connectivity index (χ2n) is 10.9. The van der Waals surface area contributed by atoms with E-state index < -0.39 is 10.8 Å². The Labute approximate surface area is 265 Å². The summed E-state index contributed by atoms with van der Waals surface area (Å²) >= 11 is 13.8. The van der Waals surface area contributed by atoms with E-state index in [1.807, 2.05) is 65.7 Å². The number of amides is 2. The van der Waals surface area contributed by atoms with Gasteiger partial charge in [0.05, 0.1) is 25.7 Å². The van der Waals surface area contributed by atoms with Crippen molar-refractivity contribution in [3.8, 4) is 0 Å². The Morgan fingerprint density at radius 3 is 2.70 bits per heavy atom. The Bertz CT molecular complexity index is 1580. The summed E-state index contributed by atoms with van der Waals surface area (Å²) in [5, 5.41) is 5.14. The Morgan fingerprint density at radius 1 is 1.12 bits per heavy atom. The van der Waals surface area contributed by atoms with E-state index in [0.29, 0.717) is 16.7 Å². The van der Waals surface area contributed by atoms with Crippen LogP contribution in [-0.4, -0.2) is 75.7 Å². The molecule has 2 aromatic heterocycles. The average Bonchev–Trinajstić information content (AvgIpc) is 3.54. The number of carbonyl (C=O) groups is 2. The number of halogens is 2. The molecule has 0 aliphatic carbocycles. The van der Waals surface area contributed by atoms with Gasteiger partial charge in [0.15, 0.2) is 0 Å². The van der Waals surface area contributed by atoms with Crippen molar-refractivity contribution in [1.29, 1.82) is 0 Å². The van der Waals surface area contributed by atoms with E-state index in [1.54, 1.807) is 12.3 Å². The number of thioether (sulfide) groups is 1. The summed E-state index contributed by atoms with van der Waals surface area (Å²) in [5.41, 5.74) is 2.54. The molecule has 8 nitrogen and oxygen atoms in total. The van der Waals surface area contributed by atoms with E-state index in [2.05, 4.69) is 20.2 Å². The molecular formula is C32H33Cl2N5O3S. The van der Waals surface area contributed by atoms with Gasteiger partial charge in [0.1, 0.15) is 9.90 Å². The third kappa shape index (κ3) is 6.56. The lowest BCUT2D eigenvalue weighted by Gasteiger charge is -2.36. The van der Waals surface area contributed by atoms with Crippen LogP contribution in [0, 0.1) is 0 Å². The zero-order valence-electron chi connectivity index (χ0n) is 23.6. The zero-order chi connectivity index (χ0) is 29.8. The highest BCUT2D eigenvalue weighted by Crippen LogP contribution is 2.54. The Kier molecular flexibility index (Phi) is 9.25. The number of nitrogens with zero attached hydrogens (tertiary/aromatic N) is 3.